The van der Waals surface area contributed by atoms with E-state index in [0.717, 1.165) is 18.5 Å². The topological polar surface area (TPSA) is 91.8 Å². The molecule has 19 heavy (non-hydrogen) atoms. The van der Waals surface area contributed by atoms with Crippen molar-refractivity contribution >= 4 is 11.7 Å². The smallest absolute Gasteiger partial charge is 0.254 e. The van der Waals surface area contributed by atoms with Gasteiger partial charge in [-0.3, -0.25) is 9.78 Å². The summed E-state index contributed by atoms with van der Waals surface area (Å²) in [5, 5.41) is 11.5. The number of rotatable bonds is 5. The van der Waals surface area contributed by atoms with Crippen LogP contribution in [-0.4, -0.2) is 39.4 Å². The third-order valence-corrected chi connectivity index (χ3v) is 3.13. The molecule has 0 aromatic carbocycles. The van der Waals surface area contributed by atoms with E-state index >= 15 is 0 Å². The fourth-order valence-electron chi connectivity index (χ4n) is 1.97. The Morgan fingerprint density at radius 2 is 2.37 bits per heavy atom. The lowest BCUT2D eigenvalue weighted by molar-refractivity contribution is 0.0747. The van der Waals surface area contributed by atoms with Gasteiger partial charge in [-0.15, -0.1) is 0 Å². The van der Waals surface area contributed by atoms with Crippen molar-refractivity contribution in [3.63, 3.8) is 0 Å². The van der Waals surface area contributed by atoms with Crippen LogP contribution in [0.5, 0.6) is 0 Å². The van der Waals surface area contributed by atoms with E-state index < -0.39 is 0 Å². The highest BCUT2D eigenvalue weighted by molar-refractivity contribution is 5.95. The van der Waals surface area contributed by atoms with E-state index in [1.807, 2.05) is 6.92 Å². The summed E-state index contributed by atoms with van der Waals surface area (Å²) in [7, 11) is 0. The van der Waals surface area contributed by atoms with Crippen molar-refractivity contribution in [2.45, 2.75) is 32.2 Å². The summed E-state index contributed by atoms with van der Waals surface area (Å²) in [5.74, 6) is 0.128. The highest BCUT2D eigenvalue weighted by atomic mass is 16.4. The monoisotopic (exact) mass is 262 g/mol. The predicted molar refractivity (Wildman–Crippen MR) is 71.1 cm³/mol. The maximum atomic E-state index is 12.4. The second-order valence-corrected chi connectivity index (χ2v) is 4.76. The molecule has 102 valence electrons. The Morgan fingerprint density at radius 1 is 1.63 bits per heavy atom. The van der Waals surface area contributed by atoms with Gasteiger partial charge in [-0.1, -0.05) is 5.16 Å². The number of carbonyl (C=O) groups is 1. The molecule has 0 unspecified atom stereocenters. The van der Waals surface area contributed by atoms with Crippen LogP contribution in [0.1, 0.15) is 35.3 Å². The van der Waals surface area contributed by atoms with Gasteiger partial charge in [0.2, 0.25) is 0 Å². The lowest BCUT2D eigenvalue weighted by Crippen LogP contribution is -2.36. The molecule has 1 aliphatic carbocycles. The van der Waals surface area contributed by atoms with Crippen molar-refractivity contribution in [3.8, 4) is 0 Å². The standard InChI is InChI=1S/C13H18N4O2/c1-9-8-10(4-6-15-9)13(18)17(11-2-3-11)7-5-12(14)16-19/h4,6,8,11,19H,2-3,5,7H2,1H3,(H2,14,16). The van der Waals surface area contributed by atoms with Crippen LogP contribution < -0.4 is 5.73 Å². The quantitative estimate of drug-likeness (QED) is 0.360. The Hall–Kier alpha value is -2.11. The second kappa shape index (κ2) is 5.69. The van der Waals surface area contributed by atoms with Gasteiger partial charge >= 0.3 is 0 Å². The summed E-state index contributed by atoms with van der Waals surface area (Å²) >= 11 is 0. The van der Waals surface area contributed by atoms with Crippen LogP contribution >= 0.6 is 0 Å². The number of pyridine rings is 1. The van der Waals surface area contributed by atoms with Crippen LogP contribution in [0.25, 0.3) is 0 Å². The molecule has 6 heteroatoms. The molecular weight excluding hydrogens is 244 g/mol. The molecule has 1 heterocycles. The predicted octanol–water partition coefficient (Wildman–Crippen LogP) is 1.13. The Balaban J connectivity index is 2.08. The van der Waals surface area contributed by atoms with E-state index in [9.17, 15) is 4.79 Å². The number of hydrogen-bond donors (Lipinski definition) is 2. The summed E-state index contributed by atoms with van der Waals surface area (Å²) in [6.45, 7) is 2.33. The van der Waals surface area contributed by atoms with Crippen LogP contribution in [0.2, 0.25) is 0 Å². The molecule has 1 saturated carbocycles. The van der Waals surface area contributed by atoms with Crippen molar-refractivity contribution in [2.24, 2.45) is 10.9 Å². The van der Waals surface area contributed by atoms with Crippen LogP contribution in [0.15, 0.2) is 23.5 Å². The number of hydrogen-bond acceptors (Lipinski definition) is 4. The lowest BCUT2D eigenvalue weighted by Gasteiger charge is -2.22. The lowest BCUT2D eigenvalue weighted by atomic mass is 10.2. The number of nitrogens with zero attached hydrogens (tertiary/aromatic N) is 3. The highest BCUT2D eigenvalue weighted by Gasteiger charge is 2.32. The first-order valence-corrected chi connectivity index (χ1v) is 6.32. The van der Waals surface area contributed by atoms with Crippen LogP contribution in [-0.2, 0) is 0 Å². The molecule has 0 saturated heterocycles. The van der Waals surface area contributed by atoms with E-state index in [0.29, 0.717) is 18.5 Å². The zero-order valence-corrected chi connectivity index (χ0v) is 10.9. The summed E-state index contributed by atoms with van der Waals surface area (Å²) < 4.78 is 0. The number of amidine groups is 1. The molecule has 1 aromatic rings. The molecule has 3 N–H and O–H groups in total. The molecule has 0 atom stereocenters. The molecule has 1 fully saturated rings. The number of nitrogens with two attached hydrogens (primary N) is 1. The first-order valence-electron chi connectivity index (χ1n) is 6.32. The average Bonchev–Trinajstić information content (AvgIpc) is 3.23. The van der Waals surface area contributed by atoms with Gasteiger partial charge in [0.15, 0.2) is 0 Å². The fourth-order valence-corrected chi connectivity index (χ4v) is 1.97. The molecule has 6 nitrogen and oxygen atoms in total. The number of amides is 1. The summed E-state index contributed by atoms with van der Waals surface area (Å²) in [5.41, 5.74) is 6.91. The van der Waals surface area contributed by atoms with E-state index in [2.05, 4.69) is 10.1 Å². The minimum Gasteiger partial charge on any atom is -0.409 e. The van der Waals surface area contributed by atoms with E-state index in [1.54, 1.807) is 23.2 Å². The molecule has 0 spiro atoms. The molecule has 0 aliphatic heterocycles. The molecule has 2 rings (SSSR count). The van der Waals surface area contributed by atoms with Gasteiger partial charge in [-0.25, -0.2) is 0 Å². The summed E-state index contributed by atoms with van der Waals surface area (Å²) in [6.07, 6.45) is 4.05. The van der Waals surface area contributed by atoms with Crippen LogP contribution in [0.4, 0.5) is 0 Å². The minimum atomic E-state index is -0.0151. The van der Waals surface area contributed by atoms with Gasteiger partial charge in [-0.05, 0) is 31.9 Å². The Labute approximate surface area is 111 Å². The molecule has 1 amide bonds. The number of aromatic nitrogens is 1. The normalized spacial score (nSPS) is 15.3. The van der Waals surface area contributed by atoms with E-state index in [4.69, 9.17) is 10.9 Å². The summed E-state index contributed by atoms with van der Waals surface area (Å²) in [6, 6.07) is 3.78. The van der Waals surface area contributed by atoms with Gasteiger partial charge in [-0.2, -0.15) is 0 Å². The molecule has 1 aromatic heterocycles. The first-order chi connectivity index (χ1) is 9.11. The summed E-state index contributed by atoms with van der Waals surface area (Å²) in [4.78, 5) is 18.3. The van der Waals surface area contributed by atoms with Gasteiger partial charge in [0.1, 0.15) is 5.84 Å². The molecule has 0 bridgehead atoms. The molecular formula is C13H18N4O2. The Bertz CT molecular complexity index is 497. The number of carbonyl (C=O) groups excluding carboxylic acids is 1. The minimum absolute atomic E-state index is 0.0151. The SMILES string of the molecule is Cc1cc(C(=O)N(CC/C(N)=N/O)C2CC2)ccn1. The van der Waals surface area contributed by atoms with Crippen molar-refractivity contribution < 1.29 is 10.0 Å². The van der Waals surface area contributed by atoms with Gasteiger partial charge < -0.3 is 15.8 Å². The van der Waals surface area contributed by atoms with Crippen molar-refractivity contribution in [1.82, 2.24) is 9.88 Å². The van der Waals surface area contributed by atoms with Gasteiger partial charge in [0, 0.05) is 36.5 Å². The molecule has 0 radical (unpaired) electrons. The van der Waals surface area contributed by atoms with Gasteiger partial charge in [0.05, 0.1) is 0 Å². The highest BCUT2D eigenvalue weighted by Crippen LogP contribution is 2.28. The van der Waals surface area contributed by atoms with Crippen molar-refractivity contribution in [3.05, 3.63) is 29.6 Å². The third kappa shape index (κ3) is 3.43. The van der Waals surface area contributed by atoms with Crippen molar-refractivity contribution in [2.75, 3.05) is 6.54 Å². The maximum absolute atomic E-state index is 12.4. The zero-order valence-electron chi connectivity index (χ0n) is 10.9. The number of aryl methyl sites for hydroxylation is 1. The Kier molecular flexibility index (Phi) is 3.99. The zero-order chi connectivity index (χ0) is 13.8. The molecule has 1 aliphatic rings. The largest absolute Gasteiger partial charge is 0.409 e. The Morgan fingerprint density at radius 3 is 2.95 bits per heavy atom. The fraction of sp³-hybridized carbons (Fsp3) is 0.462. The van der Waals surface area contributed by atoms with Crippen LogP contribution in [0, 0.1) is 6.92 Å². The van der Waals surface area contributed by atoms with Gasteiger partial charge in [0.25, 0.3) is 5.91 Å². The van der Waals surface area contributed by atoms with Crippen LogP contribution in [0.3, 0.4) is 0 Å². The van der Waals surface area contributed by atoms with Crippen molar-refractivity contribution in [1.29, 1.82) is 0 Å². The second-order valence-electron chi connectivity index (χ2n) is 4.76. The third-order valence-electron chi connectivity index (χ3n) is 3.13. The van der Waals surface area contributed by atoms with E-state index in [-0.39, 0.29) is 17.8 Å². The number of oxime groups is 1. The average molecular weight is 262 g/mol. The first kappa shape index (κ1) is 13.3. The maximum Gasteiger partial charge on any atom is 0.254 e. The van der Waals surface area contributed by atoms with E-state index in [1.165, 1.54) is 0 Å².